The van der Waals surface area contributed by atoms with E-state index in [0.717, 1.165) is 5.39 Å². The summed E-state index contributed by atoms with van der Waals surface area (Å²) in [6.07, 6.45) is 3.27. The van der Waals surface area contributed by atoms with Crippen LogP contribution >= 0.6 is 0 Å². The SMILES string of the molecule is C=Cc1c(Oc2ccc(F)c(C)c2)c(F)cc2[nH]ccc12. The predicted molar refractivity (Wildman–Crippen MR) is 79.6 cm³/mol. The zero-order chi connectivity index (χ0) is 15.0. The first-order chi connectivity index (χ1) is 10.1. The van der Waals surface area contributed by atoms with Gasteiger partial charge in [-0.1, -0.05) is 12.7 Å². The molecule has 0 radical (unpaired) electrons. The predicted octanol–water partition coefficient (Wildman–Crippen LogP) is 5.19. The van der Waals surface area contributed by atoms with Gasteiger partial charge in [0, 0.05) is 28.7 Å². The zero-order valence-corrected chi connectivity index (χ0v) is 11.4. The molecular weight excluding hydrogens is 272 g/mol. The van der Waals surface area contributed by atoms with E-state index in [0.29, 0.717) is 22.4 Å². The number of aromatic amines is 1. The normalized spacial score (nSPS) is 10.8. The van der Waals surface area contributed by atoms with Crippen molar-refractivity contribution in [3.05, 3.63) is 65.9 Å². The summed E-state index contributed by atoms with van der Waals surface area (Å²) in [7, 11) is 0. The molecule has 2 aromatic carbocycles. The Hall–Kier alpha value is -2.62. The van der Waals surface area contributed by atoms with Gasteiger partial charge in [-0.3, -0.25) is 0 Å². The fraction of sp³-hybridized carbons (Fsp3) is 0.0588. The Morgan fingerprint density at radius 3 is 2.67 bits per heavy atom. The van der Waals surface area contributed by atoms with Gasteiger partial charge in [0.25, 0.3) is 0 Å². The molecule has 0 fully saturated rings. The van der Waals surface area contributed by atoms with Gasteiger partial charge >= 0.3 is 0 Å². The number of nitrogens with one attached hydrogen (secondary N) is 1. The highest BCUT2D eigenvalue weighted by Gasteiger charge is 2.15. The van der Waals surface area contributed by atoms with Crippen molar-refractivity contribution < 1.29 is 13.5 Å². The minimum Gasteiger partial charge on any atom is -0.454 e. The monoisotopic (exact) mass is 285 g/mol. The average Bonchev–Trinajstić information content (AvgIpc) is 2.91. The second-order valence-corrected chi connectivity index (χ2v) is 4.76. The van der Waals surface area contributed by atoms with Crippen LogP contribution in [0.2, 0.25) is 0 Å². The standard InChI is InChI=1S/C17H13F2NO/c1-3-12-13-6-7-20-16(13)9-15(19)17(12)21-11-4-5-14(18)10(2)8-11/h3-9,20H,1H2,2H3. The van der Waals surface area contributed by atoms with Crippen LogP contribution in [0.4, 0.5) is 8.78 Å². The third-order valence-electron chi connectivity index (χ3n) is 3.36. The molecule has 0 saturated heterocycles. The lowest BCUT2D eigenvalue weighted by atomic mass is 10.1. The number of hydrogen-bond donors (Lipinski definition) is 1. The molecule has 1 heterocycles. The molecule has 3 aromatic rings. The summed E-state index contributed by atoms with van der Waals surface area (Å²) < 4.78 is 33.1. The van der Waals surface area contributed by atoms with Crippen LogP contribution in [0.1, 0.15) is 11.1 Å². The van der Waals surface area contributed by atoms with Gasteiger partial charge in [-0.15, -0.1) is 0 Å². The molecule has 2 nitrogen and oxygen atoms in total. The topological polar surface area (TPSA) is 25.0 Å². The van der Waals surface area contributed by atoms with Crippen LogP contribution in [0.5, 0.6) is 11.5 Å². The van der Waals surface area contributed by atoms with E-state index in [1.807, 2.05) is 6.07 Å². The van der Waals surface area contributed by atoms with Crippen LogP contribution in [0.3, 0.4) is 0 Å². The number of fused-ring (bicyclic) bond motifs is 1. The lowest BCUT2D eigenvalue weighted by Gasteiger charge is -2.12. The summed E-state index contributed by atoms with van der Waals surface area (Å²) in [5.74, 6) is -0.358. The van der Waals surface area contributed by atoms with Gasteiger partial charge in [-0.25, -0.2) is 8.78 Å². The summed E-state index contributed by atoms with van der Waals surface area (Å²) in [6, 6.07) is 7.49. The van der Waals surface area contributed by atoms with Gasteiger partial charge < -0.3 is 9.72 Å². The van der Waals surface area contributed by atoms with Crippen molar-refractivity contribution in [3.8, 4) is 11.5 Å². The molecule has 4 heteroatoms. The molecule has 0 atom stereocenters. The second-order valence-electron chi connectivity index (χ2n) is 4.76. The van der Waals surface area contributed by atoms with E-state index in [1.54, 1.807) is 19.2 Å². The Morgan fingerprint density at radius 2 is 1.95 bits per heavy atom. The van der Waals surface area contributed by atoms with E-state index in [9.17, 15) is 8.78 Å². The highest BCUT2D eigenvalue weighted by Crippen LogP contribution is 2.35. The maximum absolute atomic E-state index is 14.2. The van der Waals surface area contributed by atoms with Gasteiger partial charge in [0.15, 0.2) is 11.6 Å². The molecule has 0 aliphatic rings. The van der Waals surface area contributed by atoms with Gasteiger partial charge in [0.05, 0.1) is 0 Å². The maximum Gasteiger partial charge on any atom is 0.170 e. The van der Waals surface area contributed by atoms with Gasteiger partial charge in [0.2, 0.25) is 0 Å². The highest BCUT2D eigenvalue weighted by molar-refractivity contribution is 5.91. The van der Waals surface area contributed by atoms with Crippen LogP contribution in [0.25, 0.3) is 17.0 Å². The number of ether oxygens (including phenoxy) is 1. The molecule has 1 N–H and O–H groups in total. The van der Waals surface area contributed by atoms with Crippen LogP contribution < -0.4 is 4.74 Å². The van der Waals surface area contributed by atoms with Crippen molar-refractivity contribution in [1.29, 1.82) is 0 Å². The highest BCUT2D eigenvalue weighted by atomic mass is 19.1. The van der Waals surface area contributed by atoms with Crippen LogP contribution in [-0.4, -0.2) is 4.98 Å². The Bertz CT molecular complexity index is 836. The van der Waals surface area contributed by atoms with Gasteiger partial charge in [-0.2, -0.15) is 0 Å². The van der Waals surface area contributed by atoms with Crippen LogP contribution in [-0.2, 0) is 0 Å². The van der Waals surface area contributed by atoms with Crippen molar-refractivity contribution in [1.82, 2.24) is 4.98 Å². The average molecular weight is 285 g/mol. The van der Waals surface area contributed by atoms with Crippen LogP contribution in [0.15, 0.2) is 43.1 Å². The van der Waals surface area contributed by atoms with Crippen molar-refractivity contribution in [2.24, 2.45) is 0 Å². The molecular formula is C17H13F2NO. The minimum atomic E-state index is -0.498. The Labute approximate surface area is 120 Å². The van der Waals surface area contributed by atoms with Crippen LogP contribution in [0, 0.1) is 18.6 Å². The van der Waals surface area contributed by atoms with E-state index >= 15 is 0 Å². The number of hydrogen-bond acceptors (Lipinski definition) is 1. The fourth-order valence-electron chi connectivity index (χ4n) is 2.28. The zero-order valence-electron chi connectivity index (χ0n) is 11.4. The number of H-pyrrole nitrogens is 1. The van der Waals surface area contributed by atoms with Crippen molar-refractivity contribution in [2.45, 2.75) is 6.92 Å². The van der Waals surface area contributed by atoms with Gasteiger partial charge in [-0.05, 0) is 36.8 Å². The first-order valence-corrected chi connectivity index (χ1v) is 6.46. The first-order valence-electron chi connectivity index (χ1n) is 6.46. The lowest BCUT2D eigenvalue weighted by molar-refractivity contribution is 0.441. The molecule has 0 spiro atoms. The smallest absolute Gasteiger partial charge is 0.170 e. The number of halogens is 2. The summed E-state index contributed by atoms with van der Waals surface area (Å²) in [6.45, 7) is 5.34. The number of rotatable bonds is 3. The lowest BCUT2D eigenvalue weighted by Crippen LogP contribution is -1.94. The van der Waals surface area contributed by atoms with E-state index in [2.05, 4.69) is 11.6 Å². The summed E-state index contributed by atoms with van der Waals surface area (Å²) in [5.41, 5.74) is 1.68. The molecule has 3 rings (SSSR count). The third kappa shape index (κ3) is 2.29. The van der Waals surface area contributed by atoms with E-state index in [4.69, 9.17) is 4.74 Å². The van der Waals surface area contributed by atoms with E-state index in [1.165, 1.54) is 24.3 Å². The molecule has 106 valence electrons. The molecule has 21 heavy (non-hydrogen) atoms. The summed E-state index contributed by atoms with van der Waals surface area (Å²) in [4.78, 5) is 2.95. The minimum absolute atomic E-state index is 0.0862. The van der Waals surface area contributed by atoms with Gasteiger partial charge in [0.1, 0.15) is 11.6 Å². The second kappa shape index (κ2) is 5.05. The maximum atomic E-state index is 14.2. The van der Waals surface area contributed by atoms with E-state index < -0.39 is 5.82 Å². The Morgan fingerprint density at radius 1 is 1.14 bits per heavy atom. The largest absolute Gasteiger partial charge is 0.454 e. The fourth-order valence-corrected chi connectivity index (χ4v) is 2.28. The third-order valence-corrected chi connectivity index (χ3v) is 3.36. The molecule has 0 bridgehead atoms. The molecule has 0 aliphatic heterocycles. The summed E-state index contributed by atoms with van der Waals surface area (Å²) in [5, 5.41) is 0.820. The molecule has 0 amide bonds. The van der Waals surface area contributed by atoms with Crippen molar-refractivity contribution in [2.75, 3.05) is 0 Å². The summed E-state index contributed by atoms with van der Waals surface area (Å²) >= 11 is 0. The number of aryl methyl sites for hydroxylation is 1. The van der Waals surface area contributed by atoms with Crippen molar-refractivity contribution in [3.63, 3.8) is 0 Å². The van der Waals surface area contributed by atoms with E-state index in [-0.39, 0.29) is 11.6 Å². The molecule has 0 aliphatic carbocycles. The number of aromatic nitrogens is 1. The molecule has 0 saturated carbocycles. The van der Waals surface area contributed by atoms with Crippen molar-refractivity contribution >= 4 is 17.0 Å². The molecule has 1 aromatic heterocycles. The first kappa shape index (κ1) is 13.4. The Kier molecular flexibility index (Phi) is 3.22. The Balaban J connectivity index is 2.12. The number of benzene rings is 2. The quantitative estimate of drug-likeness (QED) is 0.703. The molecule has 0 unspecified atom stereocenters.